The van der Waals surface area contributed by atoms with Crippen molar-refractivity contribution >= 4 is 29.2 Å². The summed E-state index contributed by atoms with van der Waals surface area (Å²) in [5.74, 6) is -1.62. The van der Waals surface area contributed by atoms with Crippen molar-refractivity contribution in [3.05, 3.63) is 24.3 Å². The molecule has 1 saturated heterocycles. The Labute approximate surface area is 164 Å². The van der Waals surface area contributed by atoms with E-state index in [1.54, 1.807) is 24.3 Å². The molecule has 4 N–H and O–H groups in total. The maximum absolute atomic E-state index is 12.2. The van der Waals surface area contributed by atoms with E-state index in [0.717, 1.165) is 39.3 Å². The molecule has 154 valence electrons. The van der Waals surface area contributed by atoms with E-state index in [4.69, 9.17) is 4.74 Å². The third kappa shape index (κ3) is 8.03. The van der Waals surface area contributed by atoms with Crippen molar-refractivity contribution in [2.24, 2.45) is 0 Å². The van der Waals surface area contributed by atoms with E-state index in [9.17, 15) is 19.5 Å². The Morgan fingerprint density at radius 1 is 1.11 bits per heavy atom. The molecule has 0 unspecified atom stereocenters. The number of morpholine rings is 1. The Morgan fingerprint density at radius 3 is 2.29 bits per heavy atom. The number of anilines is 2. The molecule has 28 heavy (non-hydrogen) atoms. The fraction of sp³-hybridized carbons (Fsp3) is 0.526. The summed E-state index contributed by atoms with van der Waals surface area (Å²) < 4.78 is 5.29. The minimum Gasteiger partial charge on any atom is -0.480 e. The summed E-state index contributed by atoms with van der Waals surface area (Å²) in [7, 11) is 0. The Hall–Kier alpha value is -2.49. The molecular formula is C19H28N4O5. The highest BCUT2D eigenvalue weighted by Crippen LogP contribution is 2.14. The van der Waals surface area contributed by atoms with Crippen LogP contribution < -0.4 is 16.0 Å². The molecule has 0 aromatic heterocycles. The SMILES string of the molecule is CC(=O)Nc1ccc(NC(=O)C[C@@H](NCCCN2CCOCC2)C(=O)O)cc1. The van der Waals surface area contributed by atoms with Gasteiger partial charge in [0, 0.05) is 31.4 Å². The fourth-order valence-corrected chi connectivity index (χ4v) is 2.89. The Balaban J connectivity index is 1.73. The predicted octanol–water partition coefficient (Wildman–Crippen LogP) is 0.739. The first-order valence-corrected chi connectivity index (χ1v) is 9.38. The molecule has 1 aliphatic heterocycles. The molecule has 1 atom stereocenters. The van der Waals surface area contributed by atoms with Crippen LogP contribution in [0.5, 0.6) is 0 Å². The number of nitrogens with one attached hydrogen (secondary N) is 3. The first-order chi connectivity index (χ1) is 13.4. The van der Waals surface area contributed by atoms with Gasteiger partial charge in [-0.3, -0.25) is 19.3 Å². The molecule has 0 spiro atoms. The van der Waals surface area contributed by atoms with Crippen molar-refractivity contribution in [2.75, 3.05) is 50.0 Å². The molecular weight excluding hydrogens is 364 g/mol. The van der Waals surface area contributed by atoms with Crippen molar-refractivity contribution in [3.8, 4) is 0 Å². The maximum atomic E-state index is 12.2. The topological polar surface area (TPSA) is 120 Å². The summed E-state index contributed by atoms with van der Waals surface area (Å²) in [5.41, 5.74) is 1.16. The molecule has 1 aromatic carbocycles. The molecule has 0 aliphatic carbocycles. The lowest BCUT2D eigenvalue weighted by atomic mass is 10.2. The molecule has 0 saturated carbocycles. The van der Waals surface area contributed by atoms with Crippen molar-refractivity contribution < 1.29 is 24.2 Å². The van der Waals surface area contributed by atoms with Gasteiger partial charge in [0.25, 0.3) is 0 Å². The number of carboxylic acid groups (broad SMARTS) is 1. The van der Waals surface area contributed by atoms with Crippen LogP contribution in [0.4, 0.5) is 11.4 Å². The number of aliphatic carboxylic acids is 1. The van der Waals surface area contributed by atoms with Crippen molar-refractivity contribution in [2.45, 2.75) is 25.8 Å². The number of carbonyl (C=O) groups excluding carboxylic acids is 2. The number of carbonyl (C=O) groups is 3. The lowest BCUT2D eigenvalue weighted by Crippen LogP contribution is -2.42. The number of ether oxygens (including phenoxy) is 1. The molecule has 9 heteroatoms. The first-order valence-electron chi connectivity index (χ1n) is 9.38. The first kappa shape index (κ1) is 21.8. The van der Waals surface area contributed by atoms with Crippen molar-refractivity contribution in [1.29, 1.82) is 0 Å². The number of rotatable bonds is 10. The van der Waals surface area contributed by atoms with Gasteiger partial charge in [-0.1, -0.05) is 0 Å². The van der Waals surface area contributed by atoms with E-state index < -0.39 is 12.0 Å². The largest absolute Gasteiger partial charge is 0.480 e. The summed E-state index contributed by atoms with van der Waals surface area (Å²) in [5, 5.41) is 17.6. The Kier molecular flexibility index (Phi) is 8.86. The number of benzene rings is 1. The van der Waals surface area contributed by atoms with Gasteiger partial charge in [-0.15, -0.1) is 0 Å². The minimum absolute atomic E-state index is 0.166. The standard InChI is InChI=1S/C19H28N4O5/c1-14(24)21-15-3-5-16(6-4-15)22-18(25)13-17(19(26)27)20-7-2-8-23-9-11-28-12-10-23/h3-6,17,20H,2,7-13H2,1H3,(H,21,24)(H,22,25)(H,26,27)/t17-/m1/s1. The van der Waals surface area contributed by atoms with Crippen LogP contribution in [0.3, 0.4) is 0 Å². The minimum atomic E-state index is -1.05. The van der Waals surface area contributed by atoms with Crippen molar-refractivity contribution in [3.63, 3.8) is 0 Å². The van der Waals surface area contributed by atoms with Gasteiger partial charge in [0.05, 0.1) is 19.6 Å². The van der Waals surface area contributed by atoms with Gasteiger partial charge in [-0.25, -0.2) is 0 Å². The second-order valence-corrected chi connectivity index (χ2v) is 6.66. The van der Waals surface area contributed by atoms with Gasteiger partial charge in [0.15, 0.2) is 0 Å². The quantitative estimate of drug-likeness (QED) is 0.434. The smallest absolute Gasteiger partial charge is 0.321 e. The van der Waals surface area contributed by atoms with E-state index >= 15 is 0 Å². The van der Waals surface area contributed by atoms with E-state index in [2.05, 4.69) is 20.9 Å². The molecule has 2 amide bonds. The highest BCUT2D eigenvalue weighted by molar-refractivity contribution is 5.94. The number of hydrogen-bond acceptors (Lipinski definition) is 6. The van der Waals surface area contributed by atoms with Crippen molar-refractivity contribution in [1.82, 2.24) is 10.2 Å². The lowest BCUT2D eigenvalue weighted by molar-refractivity contribution is -0.141. The Bertz CT molecular complexity index is 659. The van der Waals surface area contributed by atoms with Crippen LogP contribution in [0.25, 0.3) is 0 Å². The summed E-state index contributed by atoms with van der Waals surface area (Å²) in [4.78, 5) is 36.9. The van der Waals surface area contributed by atoms with Gasteiger partial charge < -0.3 is 25.8 Å². The van der Waals surface area contributed by atoms with Crippen LogP contribution in [-0.2, 0) is 19.1 Å². The lowest BCUT2D eigenvalue weighted by Gasteiger charge is -2.26. The van der Waals surface area contributed by atoms with Crippen LogP contribution in [0, 0.1) is 0 Å². The average Bonchev–Trinajstić information content (AvgIpc) is 2.66. The molecule has 1 fully saturated rings. The van der Waals surface area contributed by atoms with Crippen LogP contribution in [-0.4, -0.2) is 73.2 Å². The van der Waals surface area contributed by atoms with Crippen LogP contribution in [0.15, 0.2) is 24.3 Å². The van der Waals surface area contributed by atoms with Crippen LogP contribution in [0.1, 0.15) is 19.8 Å². The van der Waals surface area contributed by atoms with E-state index in [0.29, 0.717) is 17.9 Å². The van der Waals surface area contributed by atoms with Crippen LogP contribution in [0.2, 0.25) is 0 Å². The molecule has 2 rings (SSSR count). The monoisotopic (exact) mass is 392 g/mol. The summed E-state index contributed by atoms with van der Waals surface area (Å²) >= 11 is 0. The zero-order valence-electron chi connectivity index (χ0n) is 16.1. The molecule has 1 aliphatic rings. The number of amides is 2. The van der Waals surface area contributed by atoms with E-state index in [1.807, 2.05) is 0 Å². The maximum Gasteiger partial charge on any atom is 0.321 e. The van der Waals surface area contributed by atoms with Gasteiger partial charge in [0.2, 0.25) is 11.8 Å². The summed E-state index contributed by atoms with van der Waals surface area (Å²) in [6.45, 7) is 6.06. The third-order valence-corrected chi connectivity index (χ3v) is 4.32. The molecule has 9 nitrogen and oxygen atoms in total. The molecule has 0 bridgehead atoms. The third-order valence-electron chi connectivity index (χ3n) is 4.32. The fourth-order valence-electron chi connectivity index (χ4n) is 2.89. The highest BCUT2D eigenvalue weighted by Gasteiger charge is 2.21. The predicted molar refractivity (Wildman–Crippen MR) is 105 cm³/mol. The number of nitrogens with zero attached hydrogens (tertiary/aromatic N) is 1. The van der Waals surface area contributed by atoms with Gasteiger partial charge >= 0.3 is 5.97 Å². The van der Waals surface area contributed by atoms with Gasteiger partial charge in [0.1, 0.15) is 6.04 Å². The van der Waals surface area contributed by atoms with Gasteiger partial charge in [-0.2, -0.15) is 0 Å². The highest BCUT2D eigenvalue weighted by atomic mass is 16.5. The van der Waals surface area contributed by atoms with E-state index in [-0.39, 0.29) is 18.2 Å². The zero-order valence-corrected chi connectivity index (χ0v) is 16.1. The summed E-state index contributed by atoms with van der Waals surface area (Å²) in [6, 6.07) is 5.68. The molecule has 0 radical (unpaired) electrons. The van der Waals surface area contributed by atoms with Gasteiger partial charge in [-0.05, 0) is 43.8 Å². The number of carboxylic acids is 1. The second kappa shape index (κ2) is 11.4. The van der Waals surface area contributed by atoms with E-state index in [1.165, 1.54) is 6.92 Å². The Morgan fingerprint density at radius 2 is 1.71 bits per heavy atom. The zero-order chi connectivity index (χ0) is 20.4. The number of hydrogen-bond donors (Lipinski definition) is 4. The normalized spacial score (nSPS) is 15.6. The summed E-state index contributed by atoms with van der Waals surface area (Å²) in [6.07, 6.45) is 0.635. The second-order valence-electron chi connectivity index (χ2n) is 6.66. The molecule has 1 aromatic rings. The average molecular weight is 392 g/mol. The molecule has 1 heterocycles. The van der Waals surface area contributed by atoms with Crippen LogP contribution >= 0.6 is 0 Å².